The second kappa shape index (κ2) is 6.24. The summed E-state index contributed by atoms with van der Waals surface area (Å²) in [4.78, 5) is 2.57. The molecule has 3 rings (SSSR count). The van der Waals surface area contributed by atoms with Crippen molar-refractivity contribution >= 4 is 0 Å². The van der Waals surface area contributed by atoms with Crippen molar-refractivity contribution in [2.24, 2.45) is 5.92 Å². The molecule has 0 saturated carbocycles. The predicted molar refractivity (Wildman–Crippen MR) is 84.0 cm³/mol. The Labute approximate surface area is 127 Å². The van der Waals surface area contributed by atoms with E-state index < -0.39 is 0 Å². The molecule has 0 radical (unpaired) electrons. The molecule has 0 bridgehead atoms. The summed E-state index contributed by atoms with van der Waals surface area (Å²) in [7, 11) is 3.45. The Morgan fingerprint density at radius 2 is 2.10 bits per heavy atom. The van der Waals surface area contributed by atoms with Gasteiger partial charge in [-0.1, -0.05) is 0 Å². The summed E-state index contributed by atoms with van der Waals surface area (Å²) < 4.78 is 10.9. The van der Waals surface area contributed by atoms with Gasteiger partial charge in [0, 0.05) is 30.7 Å². The van der Waals surface area contributed by atoms with Crippen molar-refractivity contribution in [1.82, 2.24) is 10.2 Å². The highest BCUT2D eigenvalue weighted by Crippen LogP contribution is 2.36. The third-order valence-corrected chi connectivity index (χ3v) is 5.06. The van der Waals surface area contributed by atoms with Gasteiger partial charge < -0.3 is 14.8 Å². The summed E-state index contributed by atoms with van der Waals surface area (Å²) in [6.45, 7) is 5.76. The fraction of sp³-hybridized carbons (Fsp3) is 0.647. The second-order valence-electron chi connectivity index (χ2n) is 6.20. The first-order chi connectivity index (χ1) is 10.2. The monoisotopic (exact) mass is 290 g/mol. The Balaban J connectivity index is 1.80. The fourth-order valence-electron chi connectivity index (χ4n) is 3.76. The summed E-state index contributed by atoms with van der Waals surface area (Å²) >= 11 is 0. The van der Waals surface area contributed by atoms with Crippen LogP contribution in [0.25, 0.3) is 0 Å². The Kier molecular flexibility index (Phi) is 4.36. The van der Waals surface area contributed by atoms with Crippen molar-refractivity contribution < 1.29 is 9.47 Å². The summed E-state index contributed by atoms with van der Waals surface area (Å²) in [6, 6.07) is 7.09. The fourth-order valence-corrected chi connectivity index (χ4v) is 3.76. The highest BCUT2D eigenvalue weighted by Gasteiger charge is 2.36. The molecule has 2 saturated heterocycles. The zero-order valence-corrected chi connectivity index (χ0v) is 13.3. The molecule has 2 aliphatic heterocycles. The number of nitrogens with zero attached hydrogens (tertiary/aromatic N) is 1. The molecule has 1 aromatic rings. The predicted octanol–water partition coefficient (Wildman–Crippen LogP) is 2.45. The number of hydrogen-bond acceptors (Lipinski definition) is 4. The third-order valence-electron chi connectivity index (χ3n) is 5.06. The van der Waals surface area contributed by atoms with Gasteiger partial charge in [0.25, 0.3) is 0 Å². The average Bonchev–Trinajstić information content (AvgIpc) is 2.97. The molecule has 4 nitrogen and oxygen atoms in total. The van der Waals surface area contributed by atoms with E-state index in [4.69, 9.17) is 9.47 Å². The van der Waals surface area contributed by atoms with Gasteiger partial charge in [-0.2, -0.15) is 0 Å². The summed E-state index contributed by atoms with van der Waals surface area (Å²) in [5.74, 6) is 2.65. The molecule has 2 heterocycles. The Hall–Kier alpha value is -1.26. The molecule has 1 aromatic carbocycles. The molecule has 3 atom stereocenters. The van der Waals surface area contributed by atoms with Gasteiger partial charge in [0.2, 0.25) is 0 Å². The molecule has 4 heteroatoms. The van der Waals surface area contributed by atoms with Crippen molar-refractivity contribution in [3.63, 3.8) is 0 Å². The molecular weight excluding hydrogens is 264 g/mol. The van der Waals surface area contributed by atoms with Crippen molar-refractivity contribution in [3.8, 4) is 11.5 Å². The molecule has 0 amide bonds. The molecule has 116 valence electrons. The molecule has 1 N–H and O–H groups in total. The van der Waals surface area contributed by atoms with Crippen molar-refractivity contribution in [2.75, 3.05) is 33.9 Å². The maximum atomic E-state index is 5.55. The van der Waals surface area contributed by atoms with Crippen LogP contribution in [0.5, 0.6) is 11.5 Å². The lowest BCUT2D eigenvalue weighted by atomic mass is 9.94. The van der Waals surface area contributed by atoms with Crippen molar-refractivity contribution in [2.45, 2.75) is 31.8 Å². The van der Waals surface area contributed by atoms with Crippen LogP contribution in [0.3, 0.4) is 0 Å². The van der Waals surface area contributed by atoms with E-state index in [9.17, 15) is 0 Å². The smallest absolute Gasteiger partial charge is 0.123 e. The van der Waals surface area contributed by atoms with Crippen LogP contribution < -0.4 is 14.8 Å². The van der Waals surface area contributed by atoms with Gasteiger partial charge in [0.05, 0.1) is 14.2 Å². The highest BCUT2D eigenvalue weighted by molar-refractivity contribution is 5.42. The molecular formula is C17H26N2O2. The zero-order valence-electron chi connectivity index (χ0n) is 13.3. The minimum atomic E-state index is 0.349. The minimum absolute atomic E-state index is 0.349. The molecule has 21 heavy (non-hydrogen) atoms. The summed E-state index contributed by atoms with van der Waals surface area (Å²) in [5.41, 5.74) is 1.22. The quantitative estimate of drug-likeness (QED) is 0.923. The number of fused-ring (bicyclic) bond motifs is 1. The van der Waals surface area contributed by atoms with Gasteiger partial charge in [-0.15, -0.1) is 0 Å². The van der Waals surface area contributed by atoms with E-state index in [1.807, 2.05) is 12.1 Å². The van der Waals surface area contributed by atoms with E-state index in [0.717, 1.165) is 24.0 Å². The van der Waals surface area contributed by atoms with E-state index in [0.29, 0.717) is 12.1 Å². The first kappa shape index (κ1) is 14.7. The topological polar surface area (TPSA) is 33.7 Å². The van der Waals surface area contributed by atoms with Gasteiger partial charge in [0.15, 0.2) is 0 Å². The second-order valence-corrected chi connectivity index (χ2v) is 6.20. The standard InChI is InChI=1S/C17H26N2O2/c1-12(15-9-14(20-2)6-7-17(15)21-3)19-10-13-5-4-8-18-16(13)11-19/h6-7,9,12-13,16,18H,4-5,8,10-11H2,1-3H3/t12?,13-,16+/m0/s1. The van der Waals surface area contributed by atoms with E-state index in [-0.39, 0.29) is 0 Å². The van der Waals surface area contributed by atoms with Gasteiger partial charge >= 0.3 is 0 Å². The van der Waals surface area contributed by atoms with E-state index in [1.165, 1.54) is 31.5 Å². The SMILES string of the molecule is COc1ccc(OC)c(C(C)N2C[C@@H]3CCCN[C@@H]3C2)c1. The van der Waals surface area contributed by atoms with Gasteiger partial charge in [-0.05, 0) is 50.4 Å². The maximum Gasteiger partial charge on any atom is 0.123 e. The first-order valence-electron chi connectivity index (χ1n) is 7.92. The van der Waals surface area contributed by atoms with Crippen molar-refractivity contribution in [3.05, 3.63) is 23.8 Å². The summed E-state index contributed by atoms with van der Waals surface area (Å²) in [5, 5.41) is 3.67. The molecule has 1 unspecified atom stereocenters. The van der Waals surface area contributed by atoms with Gasteiger partial charge in [-0.25, -0.2) is 0 Å². The zero-order chi connectivity index (χ0) is 14.8. The lowest BCUT2D eigenvalue weighted by molar-refractivity contribution is 0.244. The normalized spacial score (nSPS) is 27.2. The van der Waals surface area contributed by atoms with Crippen LogP contribution in [0, 0.1) is 5.92 Å². The number of methoxy groups -OCH3 is 2. The lowest BCUT2D eigenvalue weighted by Gasteiger charge is -2.26. The largest absolute Gasteiger partial charge is 0.497 e. The summed E-state index contributed by atoms with van der Waals surface area (Å²) in [6.07, 6.45) is 2.67. The van der Waals surface area contributed by atoms with Crippen LogP contribution in [0.15, 0.2) is 18.2 Å². The van der Waals surface area contributed by atoms with Crippen LogP contribution in [0.1, 0.15) is 31.4 Å². The first-order valence-corrected chi connectivity index (χ1v) is 7.92. The number of benzene rings is 1. The van der Waals surface area contributed by atoms with Crippen LogP contribution >= 0.6 is 0 Å². The Morgan fingerprint density at radius 3 is 2.81 bits per heavy atom. The molecule has 0 aliphatic carbocycles. The number of likely N-dealkylation sites (tertiary alicyclic amines) is 1. The van der Waals surface area contributed by atoms with E-state index >= 15 is 0 Å². The Morgan fingerprint density at radius 1 is 1.24 bits per heavy atom. The number of nitrogens with one attached hydrogen (secondary N) is 1. The van der Waals surface area contributed by atoms with Crippen molar-refractivity contribution in [1.29, 1.82) is 0 Å². The number of ether oxygens (including phenoxy) is 2. The van der Waals surface area contributed by atoms with Gasteiger partial charge in [0.1, 0.15) is 11.5 Å². The van der Waals surface area contributed by atoms with Crippen LogP contribution in [0.4, 0.5) is 0 Å². The highest BCUT2D eigenvalue weighted by atomic mass is 16.5. The Bertz CT molecular complexity index is 478. The van der Waals surface area contributed by atoms with Crippen LogP contribution in [0.2, 0.25) is 0 Å². The minimum Gasteiger partial charge on any atom is -0.497 e. The van der Waals surface area contributed by atoms with Crippen LogP contribution in [-0.4, -0.2) is 44.8 Å². The third kappa shape index (κ3) is 2.87. The molecule has 0 spiro atoms. The maximum absolute atomic E-state index is 5.55. The average molecular weight is 290 g/mol. The van der Waals surface area contributed by atoms with Gasteiger partial charge in [-0.3, -0.25) is 4.90 Å². The number of piperidine rings is 1. The molecule has 2 fully saturated rings. The van der Waals surface area contributed by atoms with E-state index in [1.54, 1.807) is 14.2 Å². The number of rotatable bonds is 4. The molecule has 2 aliphatic rings. The lowest BCUT2D eigenvalue weighted by Crippen LogP contribution is -2.40. The number of hydrogen-bond donors (Lipinski definition) is 1. The van der Waals surface area contributed by atoms with E-state index in [2.05, 4.69) is 23.2 Å². The van der Waals surface area contributed by atoms with Crippen LogP contribution in [-0.2, 0) is 0 Å². The molecule has 0 aromatic heterocycles.